The van der Waals surface area contributed by atoms with Crippen molar-refractivity contribution in [3.05, 3.63) is 22.4 Å². The van der Waals surface area contributed by atoms with Gasteiger partial charge in [-0.2, -0.15) is 0 Å². The molecule has 0 saturated heterocycles. The van der Waals surface area contributed by atoms with Crippen molar-refractivity contribution in [3.63, 3.8) is 0 Å². The summed E-state index contributed by atoms with van der Waals surface area (Å²) in [6.45, 7) is 6.97. The number of rotatable bonds is 5. The zero-order valence-corrected chi connectivity index (χ0v) is 9.79. The van der Waals surface area contributed by atoms with Crippen molar-refractivity contribution in [1.82, 2.24) is 0 Å². The van der Waals surface area contributed by atoms with Crippen LogP contribution in [-0.2, 0) is 5.41 Å². The van der Waals surface area contributed by atoms with E-state index in [1.54, 1.807) is 4.88 Å². The lowest BCUT2D eigenvalue weighted by atomic mass is 9.80. The highest BCUT2D eigenvalue weighted by atomic mass is 32.1. The third-order valence-electron chi connectivity index (χ3n) is 2.72. The molecular formula is C12H20S. The molecule has 0 aromatic carbocycles. The zero-order valence-electron chi connectivity index (χ0n) is 8.97. The van der Waals surface area contributed by atoms with Crippen LogP contribution in [0.4, 0.5) is 0 Å². The fraction of sp³-hybridized carbons (Fsp3) is 0.667. The fourth-order valence-electron chi connectivity index (χ4n) is 2.10. The lowest BCUT2D eigenvalue weighted by molar-refractivity contribution is 0.399. The van der Waals surface area contributed by atoms with Gasteiger partial charge < -0.3 is 0 Å². The molecule has 0 saturated carbocycles. The number of hydrogen-bond acceptors (Lipinski definition) is 1. The van der Waals surface area contributed by atoms with Crippen LogP contribution in [-0.4, -0.2) is 0 Å². The molecule has 1 heterocycles. The minimum absolute atomic E-state index is 0.442. The Morgan fingerprint density at radius 2 is 1.85 bits per heavy atom. The third kappa shape index (κ3) is 2.57. The Balaban J connectivity index is 2.78. The Morgan fingerprint density at radius 1 is 1.23 bits per heavy atom. The molecule has 13 heavy (non-hydrogen) atoms. The molecule has 0 N–H and O–H groups in total. The van der Waals surface area contributed by atoms with Gasteiger partial charge >= 0.3 is 0 Å². The highest BCUT2D eigenvalue weighted by Crippen LogP contribution is 2.36. The predicted molar refractivity (Wildman–Crippen MR) is 61.5 cm³/mol. The van der Waals surface area contributed by atoms with Crippen molar-refractivity contribution in [2.45, 2.75) is 51.9 Å². The van der Waals surface area contributed by atoms with E-state index >= 15 is 0 Å². The van der Waals surface area contributed by atoms with Gasteiger partial charge in [0.2, 0.25) is 0 Å². The Hall–Kier alpha value is -0.300. The summed E-state index contributed by atoms with van der Waals surface area (Å²) in [4.78, 5) is 1.57. The molecule has 0 atom stereocenters. The van der Waals surface area contributed by atoms with Gasteiger partial charge in [0.25, 0.3) is 0 Å². The second-order valence-electron chi connectivity index (χ2n) is 4.04. The van der Waals surface area contributed by atoms with E-state index in [9.17, 15) is 0 Å². The first-order valence-electron chi connectivity index (χ1n) is 5.27. The topological polar surface area (TPSA) is 0 Å². The van der Waals surface area contributed by atoms with Gasteiger partial charge in [-0.1, -0.05) is 39.7 Å². The van der Waals surface area contributed by atoms with E-state index in [1.807, 2.05) is 11.3 Å². The van der Waals surface area contributed by atoms with Gasteiger partial charge in [-0.25, -0.2) is 0 Å². The average Bonchev–Trinajstić information content (AvgIpc) is 2.57. The molecule has 0 aliphatic rings. The molecule has 0 fully saturated rings. The molecule has 74 valence electrons. The van der Waals surface area contributed by atoms with Gasteiger partial charge in [0.15, 0.2) is 0 Å². The summed E-state index contributed by atoms with van der Waals surface area (Å²) in [5.41, 5.74) is 0.442. The molecule has 0 amide bonds. The Labute approximate surface area is 86.0 Å². The van der Waals surface area contributed by atoms with Crippen LogP contribution in [0.15, 0.2) is 17.5 Å². The van der Waals surface area contributed by atoms with Crippen molar-refractivity contribution >= 4 is 11.3 Å². The van der Waals surface area contributed by atoms with E-state index in [0.717, 1.165) is 0 Å². The van der Waals surface area contributed by atoms with Crippen LogP contribution in [0.5, 0.6) is 0 Å². The van der Waals surface area contributed by atoms with Crippen molar-refractivity contribution in [2.75, 3.05) is 0 Å². The van der Waals surface area contributed by atoms with Gasteiger partial charge in [-0.3, -0.25) is 0 Å². The van der Waals surface area contributed by atoms with Crippen LogP contribution in [0.3, 0.4) is 0 Å². The van der Waals surface area contributed by atoms with E-state index in [4.69, 9.17) is 0 Å². The molecule has 0 aliphatic carbocycles. The molecule has 1 heteroatoms. The van der Waals surface area contributed by atoms with Crippen molar-refractivity contribution in [1.29, 1.82) is 0 Å². The highest BCUT2D eigenvalue weighted by Gasteiger charge is 2.25. The molecule has 0 unspecified atom stereocenters. The van der Waals surface area contributed by atoms with Crippen LogP contribution in [0.1, 0.15) is 51.3 Å². The molecule has 1 aromatic rings. The Kier molecular flexibility index (Phi) is 3.98. The first kappa shape index (κ1) is 10.8. The Bertz CT molecular complexity index is 217. The van der Waals surface area contributed by atoms with E-state index in [-0.39, 0.29) is 0 Å². The van der Waals surface area contributed by atoms with E-state index in [2.05, 4.69) is 38.3 Å². The quantitative estimate of drug-likeness (QED) is 0.645. The summed E-state index contributed by atoms with van der Waals surface area (Å²) in [5.74, 6) is 0. The molecule has 0 spiro atoms. The van der Waals surface area contributed by atoms with Crippen LogP contribution < -0.4 is 0 Å². The molecule has 0 aliphatic heterocycles. The summed E-state index contributed by atoms with van der Waals surface area (Å²) in [7, 11) is 0. The summed E-state index contributed by atoms with van der Waals surface area (Å²) in [5, 5.41) is 2.19. The van der Waals surface area contributed by atoms with Gasteiger partial charge in [0, 0.05) is 10.3 Å². The number of thiophene rings is 1. The second kappa shape index (κ2) is 4.80. The van der Waals surface area contributed by atoms with Crippen molar-refractivity contribution in [3.8, 4) is 0 Å². The average molecular weight is 196 g/mol. The normalized spacial score (nSPS) is 11.9. The third-order valence-corrected chi connectivity index (χ3v) is 3.90. The van der Waals surface area contributed by atoms with Crippen LogP contribution >= 0.6 is 11.3 Å². The smallest absolute Gasteiger partial charge is 0.0104 e. The van der Waals surface area contributed by atoms with Crippen LogP contribution in [0.2, 0.25) is 0 Å². The molecular weight excluding hydrogens is 176 g/mol. The maximum absolute atomic E-state index is 2.41. The maximum Gasteiger partial charge on any atom is 0.0104 e. The summed E-state index contributed by atoms with van der Waals surface area (Å²) in [6.07, 6.45) is 5.21. The van der Waals surface area contributed by atoms with Gasteiger partial charge in [-0.15, -0.1) is 11.3 Å². The fourth-order valence-corrected chi connectivity index (χ4v) is 3.05. The van der Waals surface area contributed by atoms with Crippen LogP contribution in [0.25, 0.3) is 0 Å². The monoisotopic (exact) mass is 196 g/mol. The summed E-state index contributed by atoms with van der Waals surface area (Å²) < 4.78 is 0. The standard InChI is InChI=1S/C12H20S/c1-4-8-12(3,9-5-2)11-7-6-10-13-11/h6-7,10H,4-5,8-9H2,1-3H3. The van der Waals surface area contributed by atoms with E-state index in [1.165, 1.54) is 25.7 Å². The summed E-state index contributed by atoms with van der Waals surface area (Å²) in [6, 6.07) is 4.46. The Morgan fingerprint density at radius 3 is 2.23 bits per heavy atom. The van der Waals surface area contributed by atoms with Gasteiger partial charge in [-0.05, 0) is 24.3 Å². The summed E-state index contributed by atoms with van der Waals surface area (Å²) >= 11 is 1.91. The van der Waals surface area contributed by atoms with Crippen molar-refractivity contribution < 1.29 is 0 Å². The maximum atomic E-state index is 2.41. The molecule has 1 aromatic heterocycles. The molecule has 0 nitrogen and oxygen atoms in total. The van der Waals surface area contributed by atoms with Gasteiger partial charge in [0.05, 0.1) is 0 Å². The molecule has 0 radical (unpaired) electrons. The van der Waals surface area contributed by atoms with Gasteiger partial charge in [0.1, 0.15) is 0 Å². The number of hydrogen-bond donors (Lipinski definition) is 0. The first-order valence-corrected chi connectivity index (χ1v) is 6.15. The lowest BCUT2D eigenvalue weighted by Gasteiger charge is -2.27. The second-order valence-corrected chi connectivity index (χ2v) is 4.99. The zero-order chi connectivity index (χ0) is 9.73. The minimum Gasteiger partial charge on any atom is -0.148 e. The van der Waals surface area contributed by atoms with Crippen molar-refractivity contribution in [2.24, 2.45) is 0 Å². The largest absolute Gasteiger partial charge is 0.148 e. The first-order chi connectivity index (χ1) is 6.23. The highest BCUT2D eigenvalue weighted by molar-refractivity contribution is 7.10. The van der Waals surface area contributed by atoms with E-state index < -0.39 is 0 Å². The molecule has 0 bridgehead atoms. The minimum atomic E-state index is 0.442. The van der Waals surface area contributed by atoms with Crippen LogP contribution in [0, 0.1) is 0 Å². The lowest BCUT2D eigenvalue weighted by Crippen LogP contribution is -2.19. The predicted octanol–water partition coefficient (Wildman–Crippen LogP) is 4.61. The molecule has 1 rings (SSSR count). The SMILES string of the molecule is CCCC(C)(CCC)c1cccs1. The van der Waals surface area contributed by atoms with E-state index in [0.29, 0.717) is 5.41 Å².